The molecular formula is C16H18N2OS. The summed E-state index contributed by atoms with van der Waals surface area (Å²) in [6, 6.07) is 9.64. The minimum atomic E-state index is 0.266. The van der Waals surface area contributed by atoms with Gasteiger partial charge in [0.2, 0.25) is 0 Å². The number of nitrogens with two attached hydrogens (primary N) is 1. The van der Waals surface area contributed by atoms with E-state index >= 15 is 0 Å². The summed E-state index contributed by atoms with van der Waals surface area (Å²) in [4.78, 5) is 4.35. The third-order valence-corrected chi connectivity index (χ3v) is 3.29. The molecule has 0 bridgehead atoms. The molecule has 0 saturated carbocycles. The van der Waals surface area contributed by atoms with E-state index < -0.39 is 0 Å². The van der Waals surface area contributed by atoms with Crippen molar-refractivity contribution in [3.63, 3.8) is 0 Å². The summed E-state index contributed by atoms with van der Waals surface area (Å²) < 4.78 is 5.83. The van der Waals surface area contributed by atoms with Crippen LogP contribution in [0.2, 0.25) is 0 Å². The van der Waals surface area contributed by atoms with Crippen molar-refractivity contribution in [2.45, 2.75) is 26.7 Å². The van der Waals surface area contributed by atoms with Crippen molar-refractivity contribution >= 4 is 17.2 Å². The number of aromatic nitrogens is 1. The summed E-state index contributed by atoms with van der Waals surface area (Å²) in [6.45, 7) is 6.45. The van der Waals surface area contributed by atoms with Crippen LogP contribution in [-0.4, -0.2) is 9.97 Å². The normalized spacial score (nSPS) is 10.6. The summed E-state index contributed by atoms with van der Waals surface area (Å²) in [7, 11) is 0. The second-order valence-corrected chi connectivity index (χ2v) is 5.46. The topological polar surface area (TPSA) is 48.1 Å². The number of thiocarbonyl (C=S) groups is 1. The van der Waals surface area contributed by atoms with E-state index in [1.54, 1.807) is 18.3 Å². The molecule has 2 rings (SSSR count). The van der Waals surface area contributed by atoms with Crippen LogP contribution in [0.15, 0.2) is 36.5 Å². The average Bonchev–Trinajstić information content (AvgIpc) is 2.38. The minimum Gasteiger partial charge on any atom is -0.457 e. The van der Waals surface area contributed by atoms with Gasteiger partial charge in [-0.2, -0.15) is 0 Å². The minimum absolute atomic E-state index is 0.266. The van der Waals surface area contributed by atoms with Gasteiger partial charge in [-0.15, -0.1) is 0 Å². The standard InChI is InChI=1S/C16H18N2OS/c1-10(2)14-5-4-12(8-11(14)3)19-13-6-7-18-15(9-13)16(17)20/h4-10H,1-3H3,(H2,17,20). The summed E-state index contributed by atoms with van der Waals surface area (Å²) in [5, 5.41) is 0. The maximum atomic E-state index is 5.83. The van der Waals surface area contributed by atoms with E-state index in [1.807, 2.05) is 12.1 Å². The van der Waals surface area contributed by atoms with Crippen molar-refractivity contribution in [1.29, 1.82) is 0 Å². The molecule has 20 heavy (non-hydrogen) atoms. The zero-order valence-corrected chi connectivity index (χ0v) is 12.7. The van der Waals surface area contributed by atoms with Gasteiger partial charge in [-0.3, -0.25) is 4.98 Å². The number of aryl methyl sites for hydroxylation is 1. The number of ether oxygens (including phenoxy) is 1. The first-order valence-corrected chi connectivity index (χ1v) is 6.92. The molecule has 1 aromatic carbocycles. The molecule has 0 aliphatic rings. The van der Waals surface area contributed by atoms with E-state index in [4.69, 9.17) is 22.7 Å². The van der Waals surface area contributed by atoms with Gasteiger partial charge in [-0.25, -0.2) is 0 Å². The quantitative estimate of drug-likeness (QED) is 0.865. The van der Waals surface area contributed by atoms with Crippen LogP contribution in [0.3, 0.4) is 0 Å². The lowest BCUT2D eigenvalue weighted by atomic mass is 9.98. The van der Waals surface area contributed by atoms with Crippen LogP contribution >= 0.6 is 12.2 Å². The smallest absolute Gasteiger partial charge is 0.131 e. The Kier molecular flexibility index (Phi) is 4.35. The predicted octanol–water partition coefficient (Wildman–Crippen LogP) is 3.94. The van der Waals surface area contributed by atoms with Gasteiger partial charge in [-0.1, -0.05) is 32.1 Å². The molecule has 0 radical (unpaired) electrons. The first-order valence-electron chi connectivity index (χ1n) is 6.51. The van der Waals surface area contributed by atoms with Crippen LogP contribution in [0.1, 0.15) is 36.6 Å². The number of benzene rings is 1. The van der Waals surface area contributed by atoms with Crippen LogP contribution in [0.25, 0.3) is 0 Å². The zero-order chi connectivity index (χ0) is 14.7. The molecule has 0 amide bonds. The predicted molar refractivity (Wildman–Crippen MR) is 85.5 cm³/mol. The van der Waals surface area contributed by atoms with Gasteiger partial charge in [0.25, 0.3) is 0 Å². The second-order valence-electron chi connectivity index (χ2n) is 5.02. The Balaban J connectivity index is 2.24. The highest BCUT2D eigenvalue weighted by Crippen LogP contribution is 2.27. The average molecular weight is 286 g/mol. The van der Waals surface area contributed by atoms with Crippen LogP contribution < -0.4 is 10.5 Å². The van der Waals surface area contributed by atoms with E-state index in [-0.39, 0.29) is 4.99 Å². The molecule has 0 spiro atoms. The van der Waals surface area contributed by atoms with Crippen molar-refractivity contribution in [2.75, 3.05) is 0 Å². The molecular weight excluding hydrogens is 268 g/mol. The molecule has 1 heterocycles. The molecule has 2 N–H and O–H groups in total. The third-order valence-electron chi connectivity index (χ3n) is 3.08. The van der Waals surface area contributed by atoms with Crippen molar-refractivity contribution in [1.82, 2.24) is 4.98 Å². The van der Waals surface area contributed by atoms with Crippen LogP contribution in [-0.2, 0) is 0 Å². The van der Waals surface area contributed by atoms with E-state index in [2.05, 4.69) is 31.8 Å². The summed E-state index contributed by atoms with van der Waals surface area (Å²) >= 11 is 4.91. The summed E-state index contributed by atoms with van der Waals surface area (Å²) in [5.74, 6) is 1.98. The Morgan fingerprint density at radius 2 is 1.90 bits per heavy atom. The highest BCUT2D eigenvalue weighted by molar-refractivity contribution is 7.80. The van der Waals surface area contributed by atoms with Crippen LogP contribution in [0.4, 0.5) is 0 Å². The van der Waals surface area contributed by atoms with Crippen molar-refractivity contribution < 1.29 is 4.74 Å². The Hall–Kier alpha value is -1.94. The van der Waals surface area contributed by atoms with Crippen molar-refractivity contribution in [2.24, 2.45) is 5.73 Å². The molecule has 2 aromatic rings. The molecule has 1 aromatic heterocycles. The van der Waals surface area contributed by atoms with Gasteiger partial charge in [0.05, 0.1) is 0 Å². The Labute approximate surface area is 124 Å². The maximum absolute atomic E-state index is 5.83. The van der Waals surface area contributed by atoms with E-state index in [1.165, 1.54) is 11.1 Å². The summed E-state index contributed by atoms with van der Waals surface area (Å²) in [5.41, 5.74) is 8.68. The molecule has 0 saturated heterocycles. The fourth-order valence-electron chi connectivity index (χ4n) is 2.10. The Morgan fingerprint density at radius 3 is 2.50 bits per heavy atom. The van der Waals surface area contributed by atoms with Crippen molar-refractivity contribution in [3.8, 4) is 11.5 Å². The first-order chi connectivity index (χ1) is 9.47. The van der Waals surface area contributed by atoms with E-state index in [0.29, 0.717) is 17.4 Å². The monoisotopic (exact) mass is 286 g/mol. The molecule has 3 nitrogen and oxygen atoms in total. The Morgan fingerprint density at radius 1 is 1.20 bits per heavy atom. The largest absolute Gasteiger partial charge is 0.457 e. The highest BCUT2D eigenvalue weighted by Gasteiger charge is 2.06. The molecule has 0 unspecified atom stereocenters. The van der Waals surface area contributed by atoms with Crippen molar-refractivity contribution in [3.05, 3.63) is 53.3 Å². The van der Waals surface area contributed by atoms with Crippen LogP contribution in [0, 0.1) is 6.92 Å². The fraction of sp³-hybridized carbons (Fsp3) is 0.250. The maximum Gasteiger partial charge on any atom is 0.131 e. The lowest BCUT2D eigenvalue weighted by Gasteiger charge is -2.12. The van der Waals surface area contributed by atoms with E-state index in [0.717, 1.165) is 5.75 Å². The van der Waals surface area contributed by atoms with Gasteiger partial charge in [0.15, 0.2) is 0 Å². The number of nitrogens with zero attached hydrogens (tertiary/aromatic N) is 1. The second kappa shape index (κ2) is 6.01. The number of hydrogen-bond donors (Lipinski definition) is 1. The number of rotatable bonds is 4. The van der Waals surface area contributed by atoms with Gasteiger partial charge in [0, 0.05) is 12.3 Å². The number of hydrogen-bond acceptors (Lipinski definition) is 3. The van der Waals surface area contributed by atoms with Gasteiger partial charge in [0.1, 0.15) is 22.2 Å². The Bertz CT molecular complexity index is 638. The third kappa shape index (κ3) is 3.33. The SMILES string of the molecule is Cc1cc(Oc2ccnc(C(N)=S)c2)ccc1C(C)C. The zero-order valence-electron chi connectivity index (χ0n) is 11.9. The molecule has 104 valence electrons. The number of pyridine rings is 1. The molecule has 0 atom stereocenters. The van der Waals surface area contributed by atoms with Gasteiger partial charge in [-0.05, 0) is 42.2 Å². The summed E-state index contributed by atoms with van der Waals surface area (Å²) in [6.07, 6.45) is 1.64. The molecule has 0 aliphatic heterocycles. The highest BCUT2D eigenvalue weighted by atomic mass is 32.1. The lowest BCUT2D eigenvalue weighted by Crippen LogP contribution is -2.11. The van der Waals surface area contributed by atoms with E-state index in [9.17, 15) is 0 Å². The van der Waals surface area contributed by atoms with Gasteiger partial charge >= 0.3 is 0 Å². The molecule has 0 aliphatic carbocycles. The molecule has 0 fully saturated rings. The van der Waals surface area contributed by atoms with Crippen LogP contribution in [0.5, 0.6) is 11.5 Å². The fourth-order valence-corrected chi connectivity index (χ4v) is 2.22. The van der Waals surface area contributed by atoms with Gasteiger partial charge < -0.3 is 10.5 Å². The molecule has 4 heteroatoms. The lowest BCUT2D eigenvalue weighted by molar-refractivity contribution is 0.481. The first kappa shape index (κ1) is 14.5.